The van der Waals surface area contributed by atoms with Crippen molar-refractivity contribution in [3.8, 4) is 0 Å². The summed E-state index contributed by atoms with van der Waals surface area (Å²) in [6.45, 7) is 6.38. The van der Waals surface area contributed by atoms with Crippen LogP contribution in [0, 0.1) is 0 Å². The number of hydrogen-bond acceptors (Lipinski definition) is 6. The largest absolute Gasteiger partial charge is 0.462 e. The molecule has 0 rings (SSSR count). The zero-order chi connectivity index (χ0) is 41.5. The summed E-state index contributed by atoms with van der Waals surface area (Å²) in [6, 6.07) is 0. The Balaban J connectivity index is 4.44. The molecule has 0 radical (unpaired) electrons. The van der Waals surface area contributed by atoms with Crippen LogP contribution in [0.25, 0.3) is 0 Å². The Morgan fingerprint density at radius 2 is 0.719 bits per heavy atom. The second-order valence-electron chi connectivity index (χ2n) is 15.4. The fourth-order valence-corrected chi connectivity index (χ4v) is 6.18. The van der Waals surface area contributed by atoms with E-state index in [0.29, 0.717) is 19.3 Å². The van der Waals surface area contributed by atoms with Crippen molar-refractivity contribution in [2.45, 2.75) is 219 Å². The van der Waals surface area contributed by atoms with Gasteiger partial charge in [-0.1, -0.05) is 184 Å². The molecule has 0 saturated carbocycles. The SMILES string of the molecule is CC\C=C/C=C\C=C/CCCCCCCC(=O)OC(COC(=O)CCCCC/C=C\C=C/CCCC)COC(=O)CCCCCCCCC/C=C\CCCCCC. The van der Waals surface area contributed by atoms with E-state index in [1.807, 2.05) is 0 Å². The van der Waals surface area contributed by atoms with E-state index < -0.39 is 6.10 Å². The van der Waals surface area contributed by atoms with Crippen LogP contribution in [0.4, 0.5) is 0 Å². The van der Waals surface area contributed by atoms with Gasteiger partial charge in [-0.3, -0.25) is 14.4 Å². The van der Waals surface area contributed by atoms with Gasteiger partial charge in [-0.25, -0.2) is 0 Å². The summed E-state index contributed by atoms with van der Waals surface area (Å²) in [4.78, 5) is 37.8. The van der Waals surface area contributed by atoms with Crippen LogP contribution in [0.3, 0.4) is 0 Å². The van der Waals surface area contributed by atoms with Crippen LogP contribution in [0.5, 0.6) is 0 Å². The standard InChI is InChI=1S/C51H86O6/c1-4-7-10-13-16-19-22-24-25-27-29-32-35-38-41-44-50(53)56-47-48(46-55-49(52)43-40-37-34-31-28-21-18-15-12-9-6-3)57-51(54)45-42-39-36-33-30-26-23-20-17-14-11-8-5-2/h8,11,14-15,17-23,28,48H,4-7,9-10,12-13,16,24-27,29-47H2,1-3H3/b11-8-,17-14-,18-15-,22-19-,23-20-,28-21-. The summed E-state index contributed by atoms with van der Waals surface area (Å²) in [7, 11) is 0. The third-order valence-electron chi connectivity index (χ3n) is 9.75. The van der Waals surface area contributed by atoms with Crippen LogP contribution >= 0.6 is 0 Å². The summed E-state index contributed by atoms with van der Waals surface area (Å²) < 4.78 is 16.7. The van der Waals surface area contributed by atoms with Gasteiger partial charge in [-0.05, 0) is 83.5 Å². The third-order valence-corrected chi connectivity index (χ3v) is 9.75. The maximum absolute atomic E-state index is 12.7. The Kier molecular flexibility index (Phi) is 43.0. The van der Waals surface area contributed by atoms with Crippen LogP contribution in [-0.2, 0) is 28.6 Å². The molecule has 0 aliphatic rings. The maximum Gasteiger partial charge on any atom is 0.306 e. The van der Waals surface area contributed by atoms with Gasteiger partial charge in [-0.15, -0.1) is 0 Å². The topological polar surface area (TPSA) is 78.9 Å². The Labute approximate surface area is 351 Å². The highest BCUT2D eigenvalue weighted by Gasteiger charge is 2.19. The van der Waals surface area contributed by atoms with Gasteiger partial charge in [0.25, 0.3) is 0 Å². The summed E-state index contributed by atoms with van der Waals surface area (Å²) in [5, 5.41) is 0. The number of unbranched alkanes of at least 4 members (excludes halogenated alkanes) is 21. The van der Waals surface area contributed by atoms with Gasteiger partial charge in [0.2, 0.25) is 0 Å². The zero-order valence-electron chi connectivity index (χ0n) is 37.1. The number of esters is 3. The molecule has 0 saturated heterocycles. The Hall–Kier alpha value is -3.15. The minimum Gasteiger partial charge on any atom is -0.462 e. The fourth-order valence-electron chi connectivity index (χ4n) is 6.18. The van der Waals surface area contributed by atoms with Gasteiger partial charge in [-0.2, -0.15) is 0 Å². The van der Waals surface area contributed by atoms with E-state index in [2.05, 4.69) is 93.7 Å². The van der Waals surface area contributed by atoms with E-state index in [1.165, 1.54) is 77.0 Å². The van der Waals surface area contributed by atoms with Gasteiger partial charge in [0, 0.05) is 19.3 Å². The minimum atomic E-state index is -0.796. The molecule has 0 bridgehead atoms. The van der Waals surface area contributed by atoms with E-state index in [-0.39, 0.29) is 31.1 Å². The first-order valence-electron chi connectivity index (χ1n) is 23.5. The van der Waals surface area contributed by atoms with Crippen molar-refractivity contribution in [1.29, 1.82) is 0 Å². The van der Waals surface area contributed by atoms with Crippen LogP contribution < -0.4 is 0 Å². The molecule has 326 valence electrons. The highest BCUT2D eigenvalue weighted by atomic mass is 16.6. The molecule has 0 aromatic heterocycles. The molecule has 0 aromatic carbocycles. The number of allylic oxidation sites excluding steroid dienone is 12. The molecule has 6 heteroatoms. The van der Waals surface area contributed by atoms with Crippen LogP contribution in [0.1, 0.15) is 213 Å². The molecule has 1 unspecified atom stereocenters. The van der Waals surface area contributed by atoms with E-state index >= 15 is 0 Å². The number of rotatable bonds is 41. The number of ether oxygens (including phenoxy) is 3. The van der Waals surface area contributed by atoms with Crippen LogP contribution in [0.2, 0.25) is 0 Å². The monoisotopic (exact) mass is 795 g/mol. The average Bonchev–Trinajstić information content (AvgIpc) is 3.21. The Bertz CT molecular complexity index is 1100. The van der Waals surface area contributed by atoms with Gasteiger partial charge >= 0.3 is 17.9 Å². The molecular weight excluding hydrogens is 709 g/mol. The van der Waals surface area contributed by atoms with Crippen LogP contribution in [-0.4, -0.2) is 37.2 Å². The van der Waals surface area contributed by atoms with Crippen molar-refractivity contribution < 1.29 is 28.6 Å². The van der Waals surface area contributed by atoms with Crippen molar-refractivity contribution in [2.24, 2.45) is 0 Å². The molecule has 0 heterocycles. The molecule has 57 heavy (non-hydrogen) atoms. The second-order valence-corrected chi connectivity index (χ2v) is 15.4. The number of carbonyl (C=O) groups excluding carboxylic acids is 3. The molecule has 0 fully saturated rings. The molecule has 0 aromatic rings. The first-order chi connectivity index (χ1) is 28.0. The summed E-state index contributed by atoms with van der Waals surface area (Å²) in [5.74, 6) is -0.954. The summed E-state index contributed by atoms with van der Waals surface area (Å²) in [5.41, 5.74) is 0. The molecule has 0 amide bonds. The fraction of sp³-hybridized carbons (Fsp3) is 0.706. The maximum atomic E-state index is 12.7. The van der Waals surface area contributed by atoms with Crippen molar-refractivity contribution in [1.82, 2.24) is 0 Å². The molecule has 0 aliphatic carbocycles. The third kappa shape index (κ3) is 43.8. The van der Waals surface area contributed by atoms with Crippen molar-refractivity contribution >= 4 is 17.9 Å². The highest BCUT2D eigenvalue weighted by molar-refractivity contribution is 5.71. The van der Waals surface area contributed by atoms with Crippen LogP contribution in [0.15, 0.2) is 72.9 Å². The molecule has 1 atom stereocenters. The highest BCUT2D eigenvalue weighted by Crippen LogP contribution is 2.13. The average molecular weight is 795 g/mol. The first kappa shape index (κ1) is 53.9. The lowest BCUT2D eigenvalue weighted by Gasteiger charge is -2.18. The predicted octanol–water partition coefficient (Wildman–Crippen LogP) is 15.1. The Morgan fingerprint density at radius 1 is 0.368 bits per heavy atom. The smallest absolute Gasteiger partial charge is 0.306 e. The van der Waals surface area contributed by atoms with E-state index in [9.17, 15) is 14.4 Å². The lowest BCUT2D eigenvalue weighted by molar-refractivity contribution is -0.167. The first-order valence-corrected chi connectivity index (χ1v) is 23.5. The summed E-state index contributed by atoms with van der Waals surface area (Å²) >= 11 is 0. The van der Waals surface area contributed by atoms with Gasteiger partial charge < -0.3 is 14.2 Å². The van der Waals surface area contributed by atoms with E-state index in [4.69, 9.17) is 14.2 Å². The van der Waals surface area contributed by atoms with Gasteiger partial charge in [0.05, 0.1) is 0 Å². The van der Waals surface area contributed by atoms with Gasteiger partial charge in [0.1, 0.15) is 13.2 Å². The second kappa shape index (κ2) is 45.6. The molecular formula is C51H86O6. The number of carbonyl (C=O) groups is 3. The minimum absolute atomic E-state index is 0.0954. The normalized spacial score (nSPS) is 12.7. The van der Waals surface area contributed by atoms with E-state index in [0.717, 1.165) is 96.3 Å². The van der Waals surface area contributed by atoms with Gasteiger partial charge in [0.15, 0.2) is 6.10 Å². The quantitative estimate of drug-likeness (QED) is 0.0202. The lowest BCUT2D eigenvalue weighted by atomic mass is 10.1. The summed E-state index contributed by atoms with van der Waals surface area (Å²) in [6.07, 6.45) is 56.0. The van der Waals surface area contributed by atoms with Crippen molar-refractivity contribution in [2.75, 3.05) is 13.2 Å². The molecule has 0 spiro atoms. The molecule has 0 aliphatic heterocycles. The van der Waals surface area contributed by atoms with Crippen molar-refractivity contribution in [3.63, 3.8) is 0 Å². The zero-order valence-corrected chi connectivity index (χ0v) is 37.1. The molecule has 6 nitrogen and oxygen atoms in total. The number of hydrogen-bond donors (Lipinski definition) is 0. The Morgan fingerprint density at radius 3 is 1.19 bits per heavy atom. The van der Waals surface area contributed by atoms with Crippen molar-refractivity contribution in [3.05, 3.63) is 72.9 Å². The predicted molar refractivity (Wildman–Crippen MR) is 242 cm³/mol. The lowest BCUT2D eigenvalue weighted by Crippen LogP contribution is -2.30. The molecule has 0 N–H and O–H groups in total. The van der Waals surface area contributed by atoms with E-state index in [1.54, 1.807) is 0 Å².